The Bertz CT molecular complexity index is 165. The summed E-state index contributed by atoms with van der Waals surface area (Å²) in [4.78, 5) is 1.56. The zero-order chi connectivity index (χ0) is 11.0. The van der Waals surface area contributed by atoms with Gasteiger partial charge in [0, 0.05) is 20.2 Å². The van der Waals surface area contributed by atoms with Crippen molar-refractivity contribution in [2.45, 2.75) is 5.92 Å². The third-order valence-corrected chi connectivity index (χ3v) is 1.75. The quantitative estimate of drug-likeness (QED) is 0.597. The smallest absolute Gasteiger partial charge is 0.272 e. The molecule has 0 aliphatic rings. The van der Waals surface area contributed by atoms with Crippen molar-refractivity contribution in [3.8, 4) is 0 Å². The topological polar surface area (TPSA) is 38.5 Å². The first-order valence-corrected chi connectivity index (χ1v) is 4.46. The van der Waals surface area contributed by atoms with Crippen LogP contribution in [0.3, 0.4) is 0 Å². The van der Waals surface area contributed by atoms with Crippen LogP contribution in [0.2, 0.25) is 0 Å². The minimum Gasteiger partial charge on any atom is -0.383 e. The zero-order valence-electron chi connectivity index (χ0n) is 8.51. The summed E-state index contributed by atoms with van der Waals surface area (Å²) < 4.78 is 30.6. The van der Waals surface area contributed by atoms with Crippen molar-refractivity contribution in [1.82, 2.24) is 4.90 Å². The first-order valence-electron chi connectivity index (χ1n) is 4.46. The van der Waals surface area contributed by atoms with Crippen LogP contribution in [0.1, 0.15) is 0 Å². The number of hydrogen-bond donors (Lipinski definition) is 1. The lowest BCUT2D eigenvalue weighted by atomic mass is 10.3. The van der Waals surface area contributed by atoms with Gasteiger partial charge in [0.05, 0.1) is 19.7 Å². The highest BCUT2D eigenvalue weighted by Gasteiger charge is 2.29. The molecule has 0 aromatic carbocycles. The molecule has 0 unspecified atom stereocenters. The minimum atomic E-state index is -2.84. The van der Waals surface area contributed by atoms with E-state index in [9.17, 15) is 8.78 Å². The molecule has 0 aromatic heterocycles. The predicted molar refractivity (Wildman–Crippen MR) is 52.5 cm³/mol. The molecule has 0 rings (SSSR count). The molecule has 0 heterocycles. The first-order chi connectivity index (χ1) is 6.55. The van der Waals surface area contributed by atoms with Gasteiger partial charge in [-0.15, -0.1) is 6.58 Å². The van der Waals surface area contributed by atoms with Crippen molar-refractivity contribution >= 4 is 0 Å². The van der Waals surface area contributed by atoms with Crippen LogP contribution in [-0.4, -0.2) is 50.7 Å². The van der Waals surface area contributed by atoms with Gasteiger partial charge in [0.15, 0.2) is 0 Å². The van der Waals surface area contributed by atoms with Gasteiger partial charge in [-0.25, -0.2) is 8.78 Å². The third kappa shape index (κ3) is 6.01. The fraction of sp³-hybridized carbons (Fsp3) is 0.778. The number of rotatable bonds is 8. The Hall–Kier alpha value is -0.520. The second kappa shape index (κ2) is 6.86. The summed E-state index contributed by atoms with van der Waals surface area (Å²) in [5, 5.41) is 0. The van der Waals surface area contributed by atoms with Gasteiger partial charge in [-0.1, -0.05) is 6.08 Å². The Morgan fingerprint density at radius 1 is 1.57 bits per heavy atom. The summed E-state index contributed by atoms with van der Waals surface area (Å²) in [6.45, 7) is 3.82. The molecule has 0 spiro atoms. The SMILES string of the molecule is C=CCN(CCOC)CC(F)(F)CN. The van der Waals surface area contributed by atoms with Gasteiger partial charge in [-0.3, -0.25) is 4.90 Å². The lowest BCUT2D eigenvalue weighted by Crippen LogP contribution is -2.43. The molecule has 0 atom stereocenters. The van der Waals surface area contributed by atoms with Crippen LogP contribution in [0.25, 0.3) is 0 Å². The summed E-state index contributed by atoms with van der Waals surface area (Å²) in [6.07, 6.45) is 1.59. The zero-order valence-corrected chi connectivity index (χ0v) is 8.51. The largest absolute Gasteiger partial charge is 0.383 e. The third-order valence-electron chi connectivity index (χ3n) is 1.75. The molecular weight excluding hydrogens is 190 g/mol. The molecule has 0 fully saturated rings. The minimum absolute atomic E-state index is 0.348. The number of methoxy groups -OCH3 is 1. The second-order valence-corrected chi connectivity index (χ2v) is 3.08. The van der Waals surface area contributed by atoms with Crippen LogP contribution >= 0.6 is 0 Å². The summed E-state index contributed by atoms with van der Waals surface area (Å²) in [5.74, 6) is -2.84. The van der Waals surface area contributed by atoms with Crippen LogP contribution < -0.4 is 5.73 Å². The Kier molecular flexibility index (Phi) is 6.61. The second-order valence-electron chi connectivity index (χ2n) is 3.08. The van der Waals surface area contributed by atoms with Crippen LogP contribution in [0.5, 0.6) is 0 Å². The molecule has 0 amide bonds. The van der Waals surface area contributed by atoms with Gasteiger partial charge in [-0.05, 0) is 0 Å². The highest BCUT2D eigenvalue weighted by Crippen LogP contribution is 2.12. The van der Waals surface area contributed by atoms with Gasteiger partial charge >= 0.3 is 0 Å². The average molecular weight is 208 g/mol. The Morgan fingerprint density at radius 2 is 2.21 bits per heavy atom. The summed E-state index contributed by atoms with van der Waals surface area (Å²) in [7, 11) is 1.53. The van der Waals surface area contributed by atoms with Crippen molar-refractivity contribution in [1.29, 1.82) is 0 Å². The molecule has 0 aliphatic carbocycles. The van der Waals surface area contributed by atoms with E-state index in [1.807, 2.05) is 0 Å². The normalized spacial score (nSPS) is 12.1. The van der Waals surface area contributed by atoms with Gasteiger partial charge in [0.2, 0.25) is 0 Å². The van der Waals surface area contributed by atoms with E-state index in [0.717, 1.165) is 0 Å². The van der Waals surface area contributed by atoms with Crippen molar-refractivity contribution in [3.05, 3.63) is 12.7 Å². The summed E-state index contributed by atoms with van der Waals surface area (Å²) in [6, 6.07) is 0. The predicted octanol–water partition coefficient (Wildman–Crippen LogP) is 0.715. The Balaban J connectivity index is 4.00. The maximum absolute atomic E-state index is 12.9. The van der Waals surface area contributed by atoms with E-state index in [2.05, 4.69) is 6.58 Å². The molecule has 0 saturated carbocycles. The average Bonchev–Trinajstić information content (AvgIpc) is 2.14. The van der Waals surface area contributed by atoms with Crippen molar-refractivity contribution in [3.63, 3.8) is 0 Å². The molecule has 0 radical (unpaired) electrons. The molecule has 0 aromatic rings. The van der Waals surface area contributed by atoms with Crippen molar-refractivity contribution in [2.24, 2.45) is 5.73 Å². The fourth-order valence-corrected chi connectivity index (χ4v) is 1.03. The molecule has 84 valence electrons. The molecule has 2 N–H and O–H groups in total. The lowest BCUT2D eigenvalue weighted by molar-refractivity contribution is -0.0248. The van der Waals surface area contributed by atoms with E-state index in [1.54, 1.807) is 11.0 Å². The fourth-order valence-electron chi connectivity index (χ4n) is 1.03. The molecule has 0 bridgehead atoms. The molecule has 0 aliphatic heterocycles. The summed E-state index contributed by atoms with van der Waals surface area (Å²) >= 11 is 0. The number of hydrogen-bond acceptors (Lipinski definition) is 3. The molecular formula is C9H18F2N2O. The molecule has 3 nitrogen and oxygen atoms in total. The molecule has 5 heteroatoms. The van der Waals surface area contributed by atoms with Crippen LogP contribution in [0, 0.1) is 0 Å². The lowest BCUT2D eigenvalue weighted by Gasteiger charge is -2.25. The van der Waals surface area contributed by atoms with E-state index in [4.69, 9.17) is 10.5 Å². The van der Waals surface area contributed by atoms with Gasteiger partial charge < -0.3 is 10.5 Å². The highest BCUT2D eigenvalue weighted by atomic mass is 19.3. The van der Waals surface area contributed by atoms with Crippen LogP contribution in [0.4, 0.5) is 8.78 Å². The maximum Gasteiger partial charge on any atom is 0.272 e. The van der Waals surface area contributed by atoms with Crippen LogP contribution in [0.15, 0.2) is 12.7 Å². The van der Waals surface area contributed by atoms with Gasteiger partial charge in [0.25, 0.3) is 5.92 Å². The number of alkyl halides is 2. The standard InChI is InChI=1S/C9H18F2N2O/c1-3-4-13(5-6-14-2)8-9(10,11)7-12/h3H,1,4-8,12H2,2H3. The van der Waals surface area contributed by atoms with E-state index in [0.29, 0.717) is 19.7 Å². The van der Waals surface area contributed by atoms with Crippen LogP contribution in [-0.2, 0) is 4.74 Å². The first kappa shape index (κ1) is 13.5. The number of ether oxygens (including phenoxy) is 1. The van der Waals surface area contributed by atoms with E-state index >= 15 is 0 Å². The van der Waals surface area contributed by atoms with Gasteiger partial charge in [-0.2, -0.15) is 0 Å². The van der Waals surface area contributed by atoms with E-state index in [1.165, 1.54) is 7.11 Å². The Morgan fingerprint density at radius 3 is 2.64 bits per heavy atom. The van der Waals surface area contributed by atoms with Crippen molar-refractivity contribution < 1.29 is 13.5 Å². The monoisotopic (exact) mass is 208 g/mol. The Labute approximate surface area is 83.5 Å². The number of halogens is 2. The summed E-state index contributed by atoms with van der Waals surface area (Å²) in [5.41, 5.74) is 4.95. The van der Waals surface area contributed by atoms with E-state index in [-0.39, 0.29) is 6.54 Å². The van der Waals surface area contributed by atoms with Gasteiger partial charge in [0.1, 0.15) is 0 Å². The molecule has 14 heavy (non-hydrogen) atoms. The highest BCUT2D eigenvalue weighted by molar-refractivity contribution is 4.79. The number of nitrogens with two attached hydrogens (primary N) is 1. The number of nitrogens with zero attached hydrogens (tertiary/aromatic N) is 1. The van der Waals surface area contributed by atoms with E-state index < -0.39 is 12.5 Å². The maximum atomic E-state index is 12.9. The van der Waals surface area contributed by atoms with Crippen molar-refractivity contribution in [2.75, 3.05) is 39.9 Å². The molecule has 0 saturated heterocycles.